The van der Waals surface area contributed by atoms with Crippen molar-refractivity contribution in [2.45, 2.75) is 65.0 Å². The number of aliphatic hydroxyl groups excluding tert-OH is 1. The average molecular weight is 308 g/mol. The highest BCUT2D eigenvalue weighted by atomic mass is 32.1. The first-order valence-electron chi connectivity index (χ1n) is 7.61. The standard InChI is InChI=1S/C15H24N4OS/c1-5-12(6-2)19-8-7-11(17-19)9-13(20)15-14(10(3)4)16-18-21-15/h7-8,10,12-13,20H,5-6,9H2,1-4H3. The van der Waals surface area contributed by atoms with Crippen LogP contribution in [0, 0.1) is 0 Å². The first kappa shape index (κ1) is 16.1. The molecular weight excluding hydrogens is 284 g/mol. The van der Waals surface area contributed by atoms with Crippen LogP contribution in [0.5, 0.6) is 0 Å². The van der Waals surface area contributed by atoms with Gasteiger partial charge in [-0.3, -0.25) is 4.68 Å². The van der Waals surface area contributed by atoms with Crippen LogP contribution in [-0.4, -0.2) is 24.5 Å². The zero-order valence-corrected chi connectivity index (χ0v) is 14.0. The van der Waals surface area contributed by atoms with E-state index in [9.17, 15) is 5.11 Å². The number of aliphatic hydroxyl groups is 1. The molecule has 0 aliphatic carbocycles. The summed E-state index contributed by atoms with van der Waals surface area (Å²) in [6, 6.07) is 2.43. The van der Waals surface area contributed by atoms with Crippen LogP contribution in [-0.2, 0) is 6.42 Å². The fraction of sp³-hybridized carbons (Fsp3) is 0.667. The molecule has 0 aromatic carbocycles. The van der Waals surface area contributed by atoms with E-state index in [0.29, 0.717) is 12.5 Å². The number of rotatable bonds is 7. The van der Waals surface area contributed by atoms with Gasteiger partial charge in [0.25, 0.3) is 0 Å². The Morgan fingerprint density at radius 3 is 2.62 bits per heavy atom. The third kappa shape index (κ3) is 3.68. The first-order chi connectivity index (χ1) is 10.1. The number of aromatic nitrogens is 4. The third-order valence-corrected chi connectivity index (χ3v) is 4.61. The average Bonchev–Trinajstić information content (AvgIpc) is 3.09. The smallest absolute Gasteiger partial charge is 0.0973 e. The van der Waals surface area contributed by atoms with Crippen molar-refractivity contribution < 1.29 is 5.11 Å². The highest BCUT2D eigenvalue weighted by Crippen LogP contribution is 2.28. The van der Waals surface area contributed by atoms with Crippen molar-refractivity contribution in [2.75, 3.05) is 0 Å². The molecule has 0 aliphatic heterocycles. The second-order valence-corrected chi connectivity index (χ2v) is 6.44. The molecule has 0 saturated heterocycles. The zero-order chi connectivity index (χ0) is 15.4. The Labute approximate surface area is 130 Å². The first-order valence-corrected chi connectivity index (χ1v) is 8.38. The van der Waals surface area contributed by atoms with Gasteiger partial charge in [-0.25, -0.2) is 0 Å². The van der Waals surface area contributed by atoms with Gasteiger partial charge in [0, 0.05) is 12.6 Å². The maximum absolute atomic E-state index is 10.4. The summed E-state index contributed by atoms with van der Waals surface area (Å²) in [5, 5.41) is 19.2. The number of hydrogen-bond donors (Lipinski definition) is 1. The minimum absolute atomic E-state index is 0.274. The molecule has 1 N–H and O–H groups in total. The van der Waals surface area contributed by atoms with Gasteiger partial charge < -0.3 is 5.11 Å². The molecule has 2 aromatic rings. The van der Waals surface area contributed by atoms with E-state index in [1.807, 2.05) is 16.9 Å². The Balaban J connectivity index is 2.09. The predicted molar refractivity (Wildman–Crippen MR) is 84.5 cm³/mol. The van der Waals surface area contributed by atoms with E-state index in [4.69, 9.17) is 0 Å². The van der Waals surface area contributed by atoms with Gasteiger partial charge in [0.2, 0.25) is 0 Å². The van der Waals surface area contributed by atoms with Crippen LogP contribution in [0.2, 0.25) is 0 Å². The fourth-order valence-electron chi connectivity index (χ4n) is 2.48. The second kappa shape index (κ2) is 7.13. The lowest BCUT2D eigenvalue weighted by Crippen LogP contribution is -2.09. The van der Waals surface area contributed by atoms with Gasteiger partial charge in [-0.2, -0.15) is 5.10 Å². The molecule has 0 amide bonds. The van der Waals surface area contributed by atoms with Crippen molar-refractivity contribution in [2.24, 2.45) is 0 Å². The van der Waals surface area contributed by atoms with Gasteiger partial charge in [0.05, 0.1) is 28.4 Å². The monoisotopic (exact) mass is 308 g/mol. The lowest BCUT2D eigenvalue weighted by Gasteiger charge is -2.13. The molecule has 0 fully saturated rings. The molecule has 116 valence electrons. The summed E-state index contributed by atoms with van der Waals surface area (Å²) >= 11 is 1.28. The summed E-state index contributed by atoms with van der Waals surface area (Å²) < 4.78 is 5.98. The molecule has 1 unspecified atom stereocenters. The normalized spacial score (nSPS) is 13.3. The highest BCUT2D eigenvalue weighted by molar-refractivity contribution is 7.05. The Hall–Kier alpha value is -1.27. The largest absolute Gasteiger partial charge is 0.387 e. The zero-order valence-electron chi connectivity index (χ0n) is 13.2. The lowest BCUT2D eigenvalue weighted by atomic mass is 10.1. The fourth-order valence-corrected chi connectivity index (χ4v) is 3.27. The van der Waals surface area contributed by atoms with E-state index in [-0.39, 0.29) is 5.92 Å². The maximum Gasteiger partial charge on any atom is 0.0973 e. The summed E-state index contributed by atoms with van der Waals surface area (Å²) in [6.07, 6.45) is 4.07. The molecule has 5 nitrogen and oxygen atoms in total. The molecule has 0 aliphatic rings. The molecule has 0 saturated carbocycles. The molecule has 21 heavy (non-hydrogen) atoms. The van der Waals surface area contributed by atoms with E-state index in [1.165, 1.54) is 11.5 Å². The van der Waals surface area contributed by atoms with E-state index in [2.05, 4.69) is 42.4 Å². The van der Waals surface area contributed by atoms with Gasteiger partial charge in [-0.1, -0.05) is 32.2 Å². The topological polar surface area (TPSA) is 63.8 Å². The Kier molecular flexibility index (Phi) is 5.47. The molecule has 0 bridgehead atoms. The van der Waals surface area contributed by atoms with Crippen molar-refractivity contribution in [3.63, 3.8) is 0 Å². The van der Waals surface area contributed by atoms with E-state index in [1.54, 1.807) is 0 Å². The number of nitrogens with zero attached hydrogens (tertiary/aromatic N) is 4. The summed E-state index contributed by atoms with van der Waals surface area (Å²) in [6.45, 7) is 8.47. The minimum Gasteiger partial charge on any atom is -0.387 e. The summed E-state index contributed by atoms with van der Waals surface area (Å²) in [5.41, 5.74) is 1.81. The second-order valence-electron chi connectivity index (χ2n) is 5.65. The van der Waals surface area contributed by atoms with Crippen molar-refractivity contribution in [3.8, 4) is 0 Å². The Morgan fingerprint density at radius 1 is 1.29 bits per heavy atom. The van der Waals surface area contributed by atoms with Crippen LogP contribution in [0.4, 0.5) is 0 Å². The van der Waals surface area contributed by atoms with Crippen LogP contribution < -0.4 is 0 Å². The van der Waals surface area contributed by atoms with E-state index >= 15 is 0 Å². The van der Waals surface area contributed by atoms with Crippen LogP contribution in [0.1, 0.15) is 74.9 Å². The van der Waals surface area contributed by atoms with Crippen molar-refractivity contribution >= 4 is 11.5 Å². The summed E-state index contributed by atoms with van der Waals surface area (Å²) in [5.74, 6) is 0.274. The summed E-state index contributed by atoms with van der Waals surface area (Å²) in [7, 11) is 0. The van der Waals surface area contributed by atoms with E-state index < -0.39 is 6.10 Å². The van der Waals surface area contributed by atoms with Crippen molar-refractivity contribution in [1.29, 1.82) is 0 Å². The molecular formula is C15H24N4OS. The van der Waals surface area contributed by atoms with Gasteiger partial charge >= 0.3 is 0 Å². The molecule has 0 spiro atoms. The minimum atomic E-state index is -0.576. The lowest BCUT2D eigenvalue weighted by molar-refractivity contribution is 0.179. The van der Waals surface area contributed by atoms with Crippen molar-refractivity contribution in [3.05, 3.63) is 28.5 Å². The SMILES string of the molecule is CCC(CC)n1ccc(CC(O)c2snnc2C(C)C)n1. The Morgan fingerprint density at radius 2 is 2.00 bits per heavy atom. The molecule has 6 heteroatoms. The Bertz CT molecular complexity index is 560. The molecule has 1 atom stereocenters. The van der Waals surface area contributed by atoms with Crippen LogP contribution in [0.25, 0.3) is 0 Å². The molecule has 0 radical (unpaired) electrons. The predicted octanol–water partition coefficient (Wildman–Crippen LogP) is 3.50. The van der Waals surface area contributed by atoms with Crippen LogP contribution in [0.3, 0.4) is 0 Å². The van der Waals surface area contributed by atoms with Gasteiger partial charge in [-0.15, -0.1) is 5.10 Å². The maximum atomic E-state index is 10.4. The van der Waals surface area contributed by atoms with Gasteiger partial charge in [-0.05, 0) is 36.4 Å². The van der Waals surface area contributed by atoms with Crippen molar-refractivity contribution in [1.82, 2.24) is 19.4 Å². The van der Waals surface area contributed by atoms with Crippen LogP contribution >= 0.6 is 11.5 Å². The van der Waals surface area contributed by atoms with E-state index in [0.717, 1.165) is 29.1 Å². The highest BCUT2D eigenvalue weighted by Gasteiger charge is 2.20. The van der Waals surface area contributed by atoms with Gasteiger partial charge in [0.15, 0.2) is 0 Å². The molecule has 2 heterocycles. The third-order valence-electron chi connectivity index (χ3n) is 3.77. The van der Waals surface area contributed by atoms with Gasteiger partial charge in [0.1, 0.15) is 0 Å². The quantitative estimate of drug-likeness (QED) is 0.850. The van der Waals surface area contributed by atoms with Crippen LogP contribution in [0.15, 0.2) is 12.3 Å². The summed E-state index contributed by atoms with van der Waals surface area (Å²) in [4.78, 5) is 0.863. The molecule has 2 rings (SSSR count). The molecule has 2 aromatic heterocycles. The number of hydrogen-bond acceptors (Lipinski definition) is 5.